The van der Waals surface area contributed by atoms with Crippen molar-refractivity contribution in [2.45, 2.75) is 32.9 Å². The average molecular weight is 604 g/mol. The molecule has 3 aromatic heterocycles. The number of carbonyl (C=O) groups excluding carboxylic acids is 1. The van der Waals surface area contributed by atoms with Gasteiger partial charge in [0, 0.05) is 54.2 Å². The van der Waals surface area contributed by atoms with E-state index in [-0.39, 0.29) is 6.10 Å². The van der Waals surface area contributed by atoms with Crippen LogP contribution in [0.1, 0.15) is 33.5 Å². The molecule has 1 unspecified atom stereocenters. The normalized spacial score (nSPS) is 15.3. The molecule has 1 aliphatic rings. The number of nitrogens with one attached hydrogen (secondary N) is 1. The smallest absolute Gasteiger partial charge is 0.227 e. The number of aldehydes is 1. The van der Waals surface area contributed by atoms with E-state index in [2.05, 4.69) is 45.3 Å². The van der Waals surface area contributed by atoms with Crippen molar-refractivity contribution in [1.82, 2.24) is 19.9 Å². The van der Waals surface area contributed by atoms with Crippen molar-refractivity contribution in [1.29, 1.82) is 0 Å². The van der Waals surface area contributed by atoms with Crippen LogP contribution in [0.5, 0.6) is 0 Å². The number of benzene rings is 3. The third-order valence-corrected chi connectivity index (χ3v) is 8.63. The van der Waals surface area contributed by atoms with E-state index in [1.54, 1.807) is 18.3 Å². The van der Waals surface area contributed by atoms with Gasteiger partial charge in [-0.3, -0.25) is 14.7 Å². The Morgan fingerprint density at radius 1 is 1.05 bits per heavy atom. The van der Waals surface area contributed by atoms with Crippen LogP contribution < -0.4 is 5.32 Å². The predicted molar refractivity (Wildman–Crippen MR) is 173 cm³/mol. The summed E-state index contributed by atoms with van der Waals surface area (Å²) in [6.45, 7) is 6.50. The maximum atomic E-state index is 11.3. The first-order valence-corrected chi connectivity index (χ1v) is 14.9. The fourth-order valence-corrected chi connectivity index (χ4v) is 6.30. The molecule has 1 atom stereocenters. The Morgan fingerprint density at radius 3 is 2.64 bits per heavy atom. The molecule has 9 heteroatoms. The van der Waals surface area contributed by atoms with Crippen LogP contribution in [0.15, 0.2) is 77.5 Å². The maximum Gasteiger partial charge on any atom is 0.227 e. The molecule has 3 aromatic carbocycles. The van der Waals surface area contributed by atoms with Gasteiger partial charge >= 0.3 is 0 Å². The number of fused-ring (bicyclic) bond motifs is 2. The van der Waals surface area contributed by atoms with Gasteiger partial charge in [0.25, 0.3) is 0 Å². The van der Waals surface area contributed by atoms with Crippen LogP contribution >= 0.6 is 11.6 Å². The molecule has 44 heavy (non-hydrogen) atoms. The first kappa shape index (κ1) is 28.2. The van der Waals surface area contributed by atoms with Crippen molar-refractivity contribution in [3.63, 3.8) is 0 Å². The highest BCUT2D eigenvalue weighted by molar-refractivity contribution is 6.35. The van der Waals surface area contributed by atoms with E-state index in [1.807, 2.05) is 43.5 Å². The zero-order valence-corrected chi connectivity index (χ0v) is 25.1. The van der Waals surface area contributed by atoms with E-state index >= 15 is 0 Å². The zero-order valence-electron chi connectivity index (χ0n) is 24.3. The summed E-state index contributed by atoms with van der Waals surface area (Å²) in [4.78, 5) is 27.6. The number of nitrogens with zero attached hydrogens (tertiary/aromatic N) is 4. The Hall–Kier alpha value is -4.63. The SMILES string of the molecule is Cc1c(Nc2nccc3cc(CN4CCC(O)C4)cnc23)cccc1-c1cccc(-c2nc3cc(C=O)cc(Cl)c3o2)c1C. The molecule has 2 N–H and O–H groups in total. The molecule has 1 aliphatic heterocycles. The van der Waals surface area contributed by atoms with Gasteiger partial charge in [0.2, 0.25) is 5.89 Å². The molecule has 0 saturated carbocycles. The lowest BCUT2D eigenvalue weighted by Gasteiger charge is -2.17. The Bertz CT molecular complexity index is 2060. The Kier molecular flexibility index (Phi) is 7.34. The monoisotopic (exact) mass is 603 g/mol. The second-order valence-electron chi connectivity index (χ2n) is 11.3. The van der Waals surface area contributed by atoms with Crippen LogP contribution in [-0.2, 0) is 6.54 Å². The number of likely N-dealkylation sites (tertiary alicyclic amines) is 1. The fraction of sp³-hybridized carbons (Fsp3) is 0.200. The maximum absolute atomic E-state index is 11.3. The third kappa shape index (κ3) is 5.21. The summed E-state index contributed by atoms with van der Waals surface area (Å²) in [5.74, 6) is 1.14. The summed E-state index contributed by atoms with van der Waals surface area (Å²) in [5, 5.41) is 14.8. The number of hydrogen-bond donors (Lipinski definition) is 2. The number of aliphatic hydroxyl groups excluding tert-OH is 1. The van der Waals surface area contributed by atoms with E-state index < -0.39 is 0 Å². The van der Waals surface area contributed by atoms with Gasteiger partial charge in [-0.2, -0.15) is 0 Å². The lowest BCUT2D eigenvalue weighted by atomic mass is 9.93. The molecule has 0 radical (unpaired) electrons. The Balaban J connectivity index is 1.20. The first-order valence-electron chi connectivity index (χ1n) is 14.5. The molecule has 7 rings (SSSR count). The van der Waals surface area contributed by atoms with Gasteiger partial charge in [-0.25, -0.2) is 9.97 Å². The number of anilines is 2. The summed E-state index contributed by atoms with van der Waals surface area (Å²) >= 11 is 6.38. The number of pyridine rings is 2. The third-order valence-electron chi connectivity index (χ3n) is 8.35. The summed E-state index contributed by atoms with van der Waals surface area (Å²) in [5.41, 5.74) is 9.32. The topological polar surface area (TPSA) is 104 Å². The number of hydrogen-bond acceptors (Lipinski definition) is 8. The first-order chi connectivity index (χ1) is 21.4. The Labute approximate surface area is 259 Å². The van der Waals surface area contributed by atoms with Crippen LogP contribution in [0, 0.1) is 13.8 Å². The molecule has 1 fully saturated rings. The van der Waals surface area contributed by atoms with Crippen LogP contribution in [-0.4, -0.2) is 50.4 Å². The number of aliphatic hydroxyl groups is 1. The molecular formula is C35H30ClN5O3. The molecule has 6 aromatic rings. The number of β-amino-alcohol motifs (C(OH)–C–C–N with tert-alkyl or cyclic N) is 1. The van der Waals surface area contributed by atoms with Crippen molar-refractivity contribution < 1.29 is 14.3 Å². The van der Waals surface area contributed by atoms with Gasteiger partial charge in [-0.1, -0.05) is 35.9 Å². The van der Waals surface area contributed by atoms with Crippen molar-refractivity contribution in [3.05, 3.63) is 100 Å². The van der Waals surface area contributed by atoms with Crippen molar-refractivity contribution in [2.24, 2.45) is 0 Å². The van der Waals surface area contributed by atoms with E-state index in [0.717, 1.165) is 75.8 Å². The minimum absolute atomic E-state index is 0.243. The minimum atomic E-state index is -0.243. The molecule has 0 bridgehead atoms. The molecule has 0 aliphatic carbocycles. The van der Waals surface area contributed by atoms with Crippen molar-refractivity contribution >= 4 is 51.4 Å². The minimum Gasteiger partial charge on any atom is -0.434 e. The Morgan fingerprint density at radius 2 is 1.84 bits per heavy atom. The van der Waals surface area contributed by atoms with Gasteiger partial charge < -0.3 is 14.8 Å². The molecule has 0 spiro atoms. The number of oxazole rings is 1. The molecule has 8 nitrogen and oxygen atoms in total. The van der Waals surface area contributed by atoms with Crippen LogP contribution in [0.3, 0.4) is 0 Å². The second-order valence-corrected chi connectivity index (χ2v) is 11.7. The number of aromatic nitrogens is 3. The number of carbonyl (C=O) groups is 1. The zero-order chi connectivity index (χ0) is 30.4. The van der Waals surface area contributed by atoms with E-state index in [4.69, 9.17) is 21.0 Å². The molecule has 1 saturated heterocycles. The largest absolute Gasteiger partial charge is 0.434 e. The highest BCUT2D eigenvalue weighted by atomic mass is 35.5. The van der Waals surface area contributed by atoms with Crippen LogP contribution in [0.4, 0.5) is 11.5 Å². The van der Waals surface area contributed by atoms with E-state index in [0.29, 0.717) is 39.9 Å². The van der Waals surface area contributed by atoms with Gasteiger partial charge in [-0.15, -0.1) is 0 Å². The summed E-state index contributed by atoms with van der Waals surface area (Å²) in [6, 6.07) is 19.6. The molecule has 4 heterocycles. The van der Waals surface area contributed by atoms with Gasteiger partial charge in [0.15, 0.2) is 11.4 Å². The molecular weight excluding hydrogens is 574 g/mol. The lowest BCUT2D eigenvalue weighted by molar-refractivity contribution is 0.112. The van der Waals surface area contributed by atoms with Gasteiger partial charge in [0.1, 0.15) is 17.3 Å². The quantitative estimate of drug-likeness (QED) is 0.181. The van der Waals surface area contributed by atoms with Gasteiger partial charge in [-0.05, 0) is 84.5 Å². The summed E-state index contributed by atoms with van der Waals surface area (Å²) in [6.07, 6.45) is 5.02. The molecule has 0 amide bonds. The number of rotatable bonds is 7. The predicted octanol–water partition coefficient (Wildman–Crippen LogP) is 7.50. The second kappa shape index (κ2) is 11.5. The van der Waals surface area contributed by atoms with Crippen molar-refractivity contribution in [2.75, 3.05) is 18.4 Å². The van der Waals surface area contributed by atoms with Crippen LogP contribution in [0.25, 0.3) is 44.6 Å². The van der Waals surface area contributed by atoms with Crippen molar-refractivity contribution in [3.8, 4) is 22.6 Å². The van der Waals surface area contributed by atoms with E-state index in [1.165, 1.54) is 0 Å². The highest BCUT2D eigenvalue weighted by Crippen LogP contribution is 2.38. The molecule has 220 valence electrons. The lowest BCUT2D eigenvalue weighted by Crippen LogP contribution is -2.21. The summed E-state index contributed by atoms with van der Waals surface area (Å²) in [7, 11) is 0. The standard InChI is InChI=1S/C35H30ClN5O3/c1-20-26(5-3-7-28(20)35-40-31-15-22(19-42)14-29(36)33(31)44-35)27-6-4-8-30(21(27)2)39-34-32-24(9-11-37-34)13-23(16-38-32)17-41-12-10-25(43)18-41/h3-9,11,13-16,19,25,43H,10,12,17-18H2,1-2H3,(H,37,39). The van der Waals surface area contributed by atoms with Crippen LogP contribution in [0.2, 0.25) is 5.02 Å². The average Bonchev–Trinajstić information content (AvgIpc) is 3.64. The highest BCUT2D eigenvalue weighted by Gasteiger charge is 2.21. The summed E-state index contributed by atoms with van der Waals surface area (Å²) < 4.78 is 6.08. The number of halogens is 1. The fourth-order valence-electron chi connectivity index (χ4n) is 6.04. The van der Waals surface area contributed by atoms with E-state index in [9.17, 15) is 9.90 Å². The van der Waals surface area contributed by atoms with Gasteiger partial charge in [0.05, 0.1) is 11.1 Å².